The lowest BCUT2D eigenvalue weighted by atomic mass is 9.86. The van der Waals surface area contributed by atoms with E-state index in [9.17, 15) is 14.4 Å². The summed E-state index contributed by atoms with van der Waals surface area (Å²) < 4.78 is 21.8. The highest BCUT2D eigenvalue weighted by Gasteiger charge is 2.23. The zero-order chi connectivity index (χ0) is 32.9. The summed E-state index contributed by atoms with van der Waals surface area (Å²) in [4.78, 5) is 32.0. The zero-order valence-electron chi connectivity index (χ0n) is 26.1. The fourth-order valence-corrected chi connectivity index (χ4v) is 4.42. The summed E-state index contributed by atoms with van der Waals surface area (Å²) in [6.45, 7) is 2.14. The van der Waals surface area contributed by atoms with Crippen molar-refractivity contribution in [2.75, 3.05) is 26.9 Å². The summed E-state index contributed by atoms with van der Waals surface area (Å²) in [6.07, 6.45) is 8.70. The van der Waals surface area contributed by atoms with Gasteiger partial charge in [-0.2, -0.15) is 0 Å². The molecule has 3 aliphatic carbocycles. The van der Waals surface area contributed by atoms with Crippen molar-refractivity contribution in [2.45, 2.75) is 51.4 Å². The van der Waals surface area contributed by atoms with Crippen molar-refractivity contribution in [2.24, 2.45) is 17.8 Å². The average molecular weight is 635 g/mol. The van der Waals surface area contributed by atoms with Crippen molar-refractivity contribution in [3.8, 4) is 23.0 Å². The van der Waals surface area contributed by atoms with Crippen LogP contribution in [0.5, 0.6) is 23.0 Å². The quantitative estimate of drug-likeness (QED) is 0.172. The molecule has 10 heteroatoms. The number of methoxy groups -OCH3 is 1. The largest absolute Gasteiger partial charge is 0.493 e. The Morgan fingerprint density at radius 2 is 1.13 bits per heavy atom. The Bertz CT molecular complexity index is 1460. The highest BCUT2D eigenvalue weighted by molar-refractivity contribution is 5.88. The fourth-order valence-electron chi connectivity index (χ4n) is 4.42. The summed E-state index contributed by atoms with van der Waals surface area (Å²) in [5, 5.41) is 26.2. The van der Waals surface area contributed by atoms with Crippen LogP contribution in [0, 0.1) is 17.8 Å². The van der Waals surface area contributed by atoms with E-state index in [0.29, 0.717) is 66.1 Å². The number of ether oxygens (including phenoxy) is 4. The summed E-state index contributed by atoms with van der Waals surface area (Å²) in [7, 11) is 1.56. The highest BCUT2D eigenvalue weighted by atomic mass is 16.5. The predicted octanol–water partition coefficient (Wildman–Crippen LogP) is 6.85. The Morgan fingerprint density at radius 1 is 0.630 bits per heavy atom. The molecule has 246 valence electrons. The Hall–Kier alpha value is -4.73. The molecule has 0 saturated heterocycles. The average Bonchev–Trinajstić information content (AvgIpc) is 3.95. The second-order valence-electron chi connectivity index (χ2n) is 11.8. The number of carboxylic acids is 3. The third-order valence-corrected chi connectivity index (χ3v) is 7.81. The van der Waals surface area contributed by atoms with Crippen LogP contribution >= 0.6 is 0 Å². The van der Waals surface area contributed by atoms with Crippen molar-refractivity contribution >= 4 is 17.9 Å². The second-order valence-corrected chi connectivity index (χ2v) is 11.8. The second kappa shape index (κ2) is 17.1. The van der Waals surface area contributed by atoms with E-state index in [4.69, 9.17) is 34.3 Å². The number of carboxylic acid groups (broad SMARTS) is 3. The van der Waals surface area contributed by atoms with E-state index >= 15 is 0 Å². The molecule has 3 saturated carbocycles. The van der Waals surface area contributed by atoms with Crippen LogP contribution in [0.1, 0.15) is 71.2 Å². The van der Waals surface area contributed by atoms with E-state index < -0.39 is 17.9 Å². The number of aliphatic carboxylic acids is 1. The SMILES string of the molecule is COc1cc(CC(=O)O)ccc1OCC1CC1.O=C(O)c1cccc(OCC2CC2)c1.O=C(O)c1cccc(OCC2CCC2)c1. The minimum Gasteiger partial charge on any atom is -0.493 e. The lowest BCUT2D eigenvalue weighted by Gasteiger charge is -2.25. The number of hydrogen-bond acceptors (Lipinski definition) is 7. The van der Waals surface area contributed by atoms with E-state index in [2.05, 4.69) is 0 Å². The molecule has 46 heavy (non-hydrogen) atoms. The number of hydrogen-bond donors (Lipinski definition) is 3. The maximum atomic E-state index is 10.7. The van der Waals surface area contributed by atoms with Gasteiger partial charge < -0.3 is 34.3 Å². The molecule has 0 spiro atoms. The van der Waals surface area contributed by atoms with Crippen molar-refractivity contribution < 1.29 is 48.7 Å². The molecule has 3 aromatic carbocycles. The van der Waals surface area contributed by atoms with Gasteiger partial charge in [-0.05, 0) is 110 Å². The molecule has 0 radical (unpaired) electrons. The van der Waals surface area contributed by atoms with Gasteiger partial charge in [0, 0.05) is 0 Å². The molecular weight excluding hydrogens is 592 g/mol. The van der Waals surface area contributed by atoms with Crippen molar-refractivity contribution in [1.82, 2.24) is 0 Å². The molecule has 3 aromatic rings. The molecule has 0 aliphatic heterocycles. The Balaban J connectivity index is 0.000000157. The molecule has 0 heterocycles. The van der Waals surface area contributed by atoms with Gasteiger partial charge in [0.25, 0.3) is 0 Å². The van der Waals surface area contributed by atoms with E-state index in [0.717, 1.165) is 0 Å². The highest BCUT2D eigenvalue weighted by Crippen LogP contribution is 2.33. The van der Waals surface area contributed by atoms with Gasteiger partial charge in [-0.3, -0.25) is 4.79 Å². The van der Waals surface area contributed by atoms with Gasteiger partial charge in [0.1, 0.15) is 11.5 Å². The third kappa shape index (κ3) is 12.0. The lowest BCUT2D eigenvalue weighted by molar-refractivity contribution is -0.136. The molecule has 0 unspecified atom stereocenters. The van der Waals surface area contributed by atoms with E-state index in [1.807, 2.05) is 0 Å². The summed E-state index contributed by atoms with van der Waals surface area (Å²) in [5.74, 6) is 1.95. The van der Waals surface area contributed by atoms with Crippen LogP contribution in [0.3, 0.4) is 0 Å². The monoisotopic (exact) mass is 634 g/mol. The van der Waals surface area contributed by atoms with Crippen molar-refractivity contribution in [3.05, 3.63) is 83.4 Å². The van der Waals surface area contributed by atoms with Crippen LogP contribution in [0.2, 0.25) is 0 Å². The molecule has 3 N–H and O–H groups in total. The Morgan fingerprint density at radius 3 is 1.54 bits per heavy atom. The summed E-state index contributed by atoms with van der Waals surface area (Å²) in [5.41, 5.74) is 1.27. The van der Waals surface area contributed by atoms with Gasteiger partial charge in [-0.1, -0.05) is 24.6 Å². The maximum Gasteiger partial charge on any atom is 0.335 e. The maximum absolute atomic E-state index is 10.7. The first-order valence-corrected chi connectivity index (χ1v) is 15.6. The van der Waals surface area contributed by atoms with Gasteiger partial charge >= 0.3 is 17.9 Å². The third-order valence-electron chi connectivity index (χ3n) is 7.81. The van der Waals surface area contributed by atoms with Gasteiger partial charge in [0.05, 0.1) is 44.5 Å². The van der Waals surface area contributed by atoms with Gasteiger partial charge in [0.2, 0.25) is 0 Å². The molecule has 6 rings (SSSR count). The van der Waals surface area contributed by atoms with Crippen LogP contribution in [0.15, 0.2) is 66.7 Å². The Labute approximate surface area is 268 Å². The van der Waals surface area contributed by atoms with E-state index in [1.165, 1.54) is 44.9 Å². The van der Waals surface area contributed by atoms with Crippen molar-refractivity contribution in [3.63, 3.8) is 0 Å². The first kappa shape index (κ1) is 34.1. The molecule has 0 bridgehead atoms. The van der Waals surface area contributed by atoms with Crippen LogP contribution < -0.4 is 18.9 Å². The molecular formula is C36H42O10. The first-order valence-electron chi connectivity index (χ1n) is 15.6. The molecule has 3 fully saturated rings. The van der Waals surface area contributed by atoms with Gasteiger partial charge in [-0.15, -0.1) is 0 Å². The first-order chi connectivity index (χ1) is 22.2. The van der Waals surface area contributed by atoms with E-state index in [-0.39, 0.29) is 17.5 Å². The molecule has 0 aromatic heterocycles. The predicted molar refractivity (Wildman–Crippen MR) is 170 cm³/mol. The molecule has 0 amide bonds. The van der Waals surface area contributed by atoms with Crippen LogP contribution in [0.25, 0.3) is 0 Å². The van der Waals surface area contributed by atoms with Gasteiger partial charge in [-0.25, -0.2) is 9.59 Å². The van der Waals surface area contributed by atoms with E-state index in [1.54, 1.807) is 73.8 Å². The molecule has 0 atom stereocenters. The molecule has 3 aliphatic rings. The smallest absolute Gasteiger partial charge is 0.335 e. The molecule has 10 nitrogen and oxygen atoms in total. The van der Waals surface area contributed by atoms with Crippen LogP contribution in [0.4, 0.5) is 0 Å². The number of benzene rings is 3. The number of aromatic carboxylic acids is 2. The topological polar surface area (TPSA) is 149 Å². The minimum atomic E-state index is -0.915. The summed E-state index contributed by atoms with van der Waals surface area (Å²) >= 11 is 0. The number of rotatable bonds is 14. The van der Waals surface area contributed by atoms with Crippen molar-refractivity contribution in [1.29, 1.82) is 0 Å². The van der Waals surface area contributed by atoms with Crippen LogP contribution in [-0.4, -0.2) is 60.2 Å². The standard InChI is InChI=1S/C13H16O4.C12H14O3.C11H12O3/c1-16-12-6-10(7-13(14)15)4-5-11(12)17-8-9-2-3-9;13-12(14)10-5-2-6-11(7-10)15-8-9-3-1-4-9;12-11(13)9-2-1-3-10(6-9)14-7-8-4-5-8/h4-6,9H,2-3,7-8H2,1H3,(H,14,15);2,5-7,9H,1,3-4,8H2,(H,13,14);1-3,6,8H,4-5,7H2,(H,12,13). The lowest BCUT2D eigenvalue weighted by Crippen LogP contribution is -2.19. The van der Waals surface area contributed by atoms with Crippen LogP contribution in [-0.2, 0) is 11.2 Å². The normalized spacial score (nSPS) is 15.1. The number of carbonyl (C=O) groups is 3. The minimum absolute atomic E-state index is 0.000729. The fraction of sp³-hybridized carbons (Fsp3) is 0.417. The van der Waals surface area contributed by atoms with Gasteiger partial charge in [0.15, 0.2) is 11.5 Å². The zero-order valence-corrected chi connectivity index (χ0v) is 26.1. The summed E-state index contributed by atoms with van der Waals surface area (Å²) in [6, 6.07) is 18.5. The Kier molecular flexibility index (Phi) is 12.7.